The van der Waals surface area contributed by atoms with Crippen LogP contribution in [0.3, 0.4) is 0 Å². The number of H-pyrrole nitrogens is 1. The Morgan fingerprint density at radius 2 is 1.83 bits per heavy atom. The molecule has 3 heterocycles. The van der Waals surface area contributed by atoms with Gasteiger partial charge in [-0.1, -0.05) is 12.1 Å². The van der Waals surface area contributed by atoms with E-state index in [9.17, 15) is 14.0 Å². The number of benzene rings is 2. The van der Waals surface area contributed by atoms with Gasteiger partial charge < -0.3 is 10.3 Å². The second-order valence-electron chi connectivity index (χ2n) is 8.37. The summed E-state index contributed by atoms with van der Waals surface area (Å²) in [6.07, 6.45) is 6.28. The fraction of sp³-hybridized carbons (Fsp3) is 0.160. The summed E-state index contributed by atoms with van der Waals surface area (Å²) in [5, 5.41) is 12.3. The van der Waals surface area contributed by atoms with Gasteiger partial charge in [-0.3, -0.25) is 9.59 Å². The molecule has 0 unspecified atom stereocenters. The van der Waals surface area contributed by atoms with Crippen molar-refractivity contribution in [1.82, 2.24) is 29.5 Å². The van der Waals surface area contributed by atoms with Gasteiger partial charge in [-0.25, -0.2) is 18.7 Å². The third-order valence-electron chi connectivity index (χ3n) is 6.22. The van der Waals surface area contributed by atoms with Crippen LogP contribution in [0.15, 0.2) is 65.8 Å². The first-order valence-electron chi connectivity index (χ1n) is 11.3. The first kappa shape index (κ1) is 21.0. The molecule has 9 nitrogen and oxygen atoms in total. The molecule has 5 aromatic rings. The van der Waals surface area contributed by atoms with Crippen LogP contribution in [0.4, 0.5) is 10.1 Å². The van der Waals surface area contributed by atoms with Gasteiger partial charge in [0.15, 0.2) is 11.3 Å². The van der Waals surface area contributed by atoms with Crippen LogP contribution in [0.1, 0.15) is 34.6 Å². The minimum absolute atomic E-state index is 0.291. The van der Waals surface area contributed by atoms with Crippen molar-refractivity contribution in [1.29, 1.82) is 0 Å². The highest BCUT2D eigenvalue weighted by Crippen LogP contribution is 2.29. The quantitative estimate of drug-likeness (QED) is 0.418. The van der Waals surface area contributed by atoms with Crippen LogP contribution >= 0.6 is 0 Å². The van der Waals surface area contributed by atoms with E-state index in [0.29, 0.717) is 33.8 Å². The fourth-order valence-electron chi connectivity index (χ4n) is 4.56. The Labute approximate surface area is 198 Å². The van der Waals surface area contributed by atoms with E-state index in [1.807, 2.05) is 6.07 Å². The Hall–Kier alpha value is -4.60. The second-order valence-corrected chi connectivity index (χ2v) is 8.37. The summed E-state index contributed by atoms with van der Waals surface area (Å²) >= 11 is 0. The zero-order valence-corrected chi connectivity index (χ0v) is 18.5. The number of carbonyl (C=O) groups excluding carboxylic acids is 1. The van der Waals surface area contributed by atoms with Crippen molar-refractivity contribution >= 4 is 22.6 Å². The highest BCUT2D eigenvalue weighted by molar-refractivity contribution is 6.05. The molecule has 1 aliphatic carbocycles. The molecule has 0 radical (unpaired) electrons. The molecule has 0 aliphatic heterocycles. The Balaban J connectivity index is 1.40. The molecule has 0 atom stereocenters. The summed E-state index contributed by atoms with van der Waals surface area (Å²) in [6, 6.07) is 13.3. The van der Waals surface area contributed by atoms with E-state index in [-0.39, 0.29) is 17.3 Å². The van der Waals surface area contributed by atoms with Crippen LogP contribution in [0.2, 0.25) is 0 Å². The molecular weight excluding hydrogens is 449 g/mol. The number of nitrogens with zero attached hydrogens (tertiary/aromatic N) is 5. The first-order valence-corrected chi connectivity index (χ1v) is 11.3. The normalized spacial score (nSPS) is 13.1. The number of hydrogen-bond acceptors (Lipinski definition) is 5. The fourth-order valence-corrected chi connectivity index (χ4v) is 4.56. The second kappa shape index (κ2) is 8.32. The van der Waals surface area contributed by atoms with Crippen LogP contribution in [-0.2, 0) is 12.8 Å². The van der Waals surface area contributed by atoms with Gasteiger partial charge in [-0.05, 0) is 62.1 Å². The van der Waals surface area contributed by atoms with Crippen LogP contribution < -0.4 is 10.9 Å². The number of hydrogen-bond donors (Lipinski definition) is 2. The summed E-state index contributed by atoms with van der Waals surface area (Å²) in [5.74, 6) is -0.675. The Kier molecular flexibility index (Phi) is 4.98. The predicted molar refractivity (Wildman–Crippen MR) is 128 cm³/mol. The van der Waals surface area contributed by atoms with E-state index in [4.69, 9.17) is 0 Å². The van der Waals surface area contributed by atoms with Gasteiger partial charge in [0.05, 0.1) is 29.6 Å². The van der Waals surface area contributed by atoms with Gasteiger partial charge in [0.1, 0.15) is 11.2 Å². The lowest BCUT2D eigenvalue weighted by Crippen LogP contribution is -2.17. The topological polar surface area (TPSA) is 110 Å². The molecule has 1 amide bonds. The maximum Gasteiger partial charge on any atom is 0.276 e. The van der Waals surface area contributed by atoms with Crippen molar-refractivity contribution in [2.45, 2.75) is 25.7 Å². The smallest absolute Gasteiger partial charge is 0.276 e. The lowest BCUT2D eigenvalue weighted by atomic mass is 9.95. The number of amides is 1. The van der Waals surface area contributed by atoms with Crippen molar-refractivity contribution in [3.63, 3.8) is 0 Å². The molecule has 0 bridgehead atoms. The zero-order chi connectivity index (χ0) is 23.9. The molecule has 0 spiro atoms. The van der Waals surface area contributed by atoms with Gasteiger partial charge in [0, 0.05) is 11.3 Å². The van der Waals surface area contributed by atoms with Crippen LogP contribution in [0.25, 0.3) is 22.4 Å². The zero-order valence-electron chi connectivity index (χ0n) is 18.5. The number of aromatic amines is 1. The lowest BCUT2D eigenvalue weighted by Gasteiger charge is -2.14. The molecule has 174 valence electrons. The molecule has 0 saturated heterocycles. The van der Waals surface area contributed by atoms with Gasteiger partial charge in [-0.2, -0.15) is 10.2 Å². The minimum Gasteiger partial charge on any atom is -0.319 e. The number of aromatic nitrogens is 6. The van der Waals surface area contributed by atoms with Crippen molar-refractivity contribution in [3.8, 4) is 11.4 Å². The van der Waals surface area contributed by atoms with Gasteiger partial charge in [0.2, 0.25) is 0 Å². The number of fused-ring (bicyclic) bond motifs is 2. The number of anilines is 1. The molecule has 1 aliphatic rings. The summed E-state index contributed by atoms with van der Waals surface area (Å²) < 4.78 is 16.7. The maximum absolute atomic E-state index is 13.5. The van der Waals surface area contributed by atoms with E-state index < -0.39 is 0 Å². The number of nitrogens with one attached hydrogen (secondary N) is 2. The van der Waals surface area contributed by atoms with E-state index in [1.165, 1.54) is 29.3 Å². The number of carbonyl (C=O) groups is 1. The van der Waals surface area contributed by atoms with Crippen molar-refractivity contribution < 1.29 is 9.18 Å². The van der Waals surface area contributed by atoms with Gasteiger partial charge >= 0.3 is 0 Å². The molecule has 2 N–H and O–H groups in total. The third kappa shape index (κ3) is 3.59. The van der Waals surface area contributed by atoms with Crippen molar-refractivity contribution in [3.05, 3.63) is 94.2 Å². The Bertz CT molecular complexity index is 1630. The monoisotopic (exact) mass is 469 g/mol. The molecule has 10 heteroatoms. The molecule has 0 saturated carbocycles. The maximum atomic E-state index is 13.5. The van der Waals surface area contributed by atoms with E-state index in [1.54, 1.807) is 35.0 Å². The summed E-state index contributed by atoms with van der Waals surface area (Å²) in [4.78, 5) is 32.4. The van der Waals surface area contributed by atoms with E-state index in [0.717, 1.165) is 36.9 Å². The average Bonchev–Trinajstić information content (AvgIpc) is 3.48. The van der Waals surface area contributed by atoms with E-state index in [2.05, 4.69) is 25.5 Å². The van der Waals surface area contributed by atoms with Gasteiger partial charge in [-0.15, -0.1) is 0 Å². The SMILES string of the molecule is O=C(Nc1ccccc1-n1ncc2c(=O)[nH]cnc21)c1nn(-c2ccc(F)cc2)c2c1CCCC2. The molecular formula is C25H20FN7O2. The molecule has 2 aromatic carbocycles. The van der Waals surface area contributed by atoms with E-state index >= 15 is 0 Å². The average molecular weight is 469 g/mol. The molecule has 0 fully saturated rings. The minimum atomic E-state index is -0.348. The number of para-hydroxylation sites is 2. The Morgan fingerprint density at radius 1 is 1.03 bits per heavy atom. The summed E-state index contributed by atoms with van der Waals surface area (Å²) in [6.45, 7) is 0. The third-order valence-corrected chi connectivity index (χ3v) is 6.22. The summed E-state index contributed by atoms with van der Waals surface area (Å²) in [5.41, 5.74) is 4.11. The van der Waals surface area contributed by atoms with Crippen molar-refractivity contribution in [2.24, 2.45) is 0 Å². The lowest BCUT2D eigenvalue weighted by molar-refractivity contribution is 0.102. The molecule has 3 aromatic heterocycles. The Morgan fingerprint density at radius 3 is 2.69 bits per heavy atom. The summed E-state index contributed by atoms with van der Waals surface area (Å²) in [7, 11) is 0. The predicted octanol–water partition coefficient (Wildman–Crippen LogP) is 3.56. The van der Waals surface area contributed by atoms with Gasteiger partial charge in [0.25, 0.3) is 11.5 Å². The largest absolute Gasteiger partial charge is 0.319 e. The number of rotatable bonds is 4. The molecule has 6 rings (SSSR count). The molecule has 35 heavy (non-hydrogen) atoms. The highest BCUT2D eigenvalue weighted by atomic mass is 19.1. The van der Waals surface area contributed by atoms with Crippen LogP contribution in [-0.4, -0.2) is 35.4 Å². The number of halogens is 1. The standard InChI is InChI=1S/C25H20FN7O2/c26-15-9-11-16(12-10-15)32-20-7-3-1-5-17(20)22(31-32)25(35)30-19-6-2-4-8-21(19)33-23-18(13-29-33)24(34)28-14-27-23/h2,4,6,8-14H,1,3,5,7H2,(H,30,35)(H,27,28,34). The van der Waals surface area contributed by atoms with Crippen LogP contribution in [0, 0.1) is 5.82 Å². The first-order chi connectivity index (χ1) is 17.1. The van der Waals surface area contributed by atoms with Crippen LogP contribution in [0.5, 0.6) is 0 Å². The van der Waals surface area contributed by atoms with Crippen molar-refractivity contribution in [2.75, 3.05) is 5.32 Å². The highest BCUT2D eigenvalue weighted by Gasteiger charge is 2.26.